The van der Waals surface area contributed by atoms with Crippen molar-refractivity contribution >= 4 is 85.9 Å². The van der Waals surface area contributed by atoms with E-state index in [1.165, 1.54) is 13.8 Å². The van der Waals surface area contributed by atoms with E-state index in [1.54, 1.807) is 24.3 Å². The lowest BCUT2D eigenvalue weighted by molar-refractivity contribution is -0.141. The van der Waals surface area contributed by atoms with E-state index in [0.717, 1.165) is 39.8 Å². The number of nitrogens with two attached hydrogens (primary N) is 1. The Labute approximate surface area is 383 Å². The van der Waals surface area contributed by atoms with Crippen molar-refractivity contribution in [3.63, 3.8) is 0 Å². The Morgan fingerprint density at radius 1 is 0.955 bits per heavy atom. The number of anilines is 1. The molecule has 0 spiro atoms. The third kappa shape index (κ3) is 14.8. The van der Waals surface area contributed by atoms with E-state index >= 15 is 0 Å². The molecular formula is C36H48N7O20P3S. The number of carboxylic acid groups (broad SMARTS) is 1. The number of aliphatic carboxylic acids is 1. The molecular weight excluding hydrogens is 975 g/mol. The van der Waals surface area contributed by atoms with Gasteiger partial charge in [0.1, 0.15) is 36.3 Å². The third-order valence-electron chi connectivity index (χ3n) is 9.94. The second kappa shape index (κ2) is 22.4. The number of carbonyl (C=O) groups is 4. The maximum absolute atomic E-state index is 13.0. The standard InChI is InChI=1S/C36H48N7O20P3S/c1-36(2,30(49)33(50)39-10-9-24(44)38-11-12-67-35(51)22(14-25(45)46)27(47)21-8-7-19-5-3-4-6-20(19)13-21)16-60-66(57,58)63-65(55,56)59-15-23-29(62-64(52,53)54)28(48)34(61-23)43-18-42-26-31(37)40-17-41-32(26)43/h3-8,13,17-18,22-23,27-30,34,47-49H,9-12,14-16H2,1-2H3,(H,38,44)(H,39,50)(H,45,46)(H,55,56)(H,57,58)(H2,37,40,41)(H2,52,53,54)/t22?,23-,27?,28-,29-,30?,34-/m1/s1. The maximum atomic E-state index is 13.0. The number of aliphatic hydroxyl groups is 3. The number of carbonyl (C=O) groups excluding carboxylic acids is 3. The minimum absolute atomic E-state index is 0.0119. The summed E-state index contributed by atoms with van der Waals surface area (Å²) in [7, 11) is -16.5. The molecule has 0 aliphatic carbocycles. The summed E-state index contributed by atoms with van der Waals surface area (Å²) in [4.78, 5) is 101. The minimum Gasteiger partial charge on any atom is -0.481 e. The summed E-state index contributed by atoms with van der Waals surface area (Å²) in [5.74, 6) is -4.24. The SMILES string of the molecule is CC(C)(COP(=O)(O)OP(=O)(O)OC[C@H]1O[C@@H](n2cnc3c(N)ncnc32)[C@H](O)[C@@H]1OP(=O)(O)O)C(O)C(=O)NCCC(=O)NCCSC(=O)C(CC(=O)O)C(O)c1ccc2ccccc2c1. The van der Waals surface area contributed by atoms with E-state index in [2.05, 4.69) is 34.4 Å². The second-order valence-electron chi connectivity index (χ2n) is 15.5. The number of phosphoric ester groups is 3. The van der Waals surface area contributed by atoms with Gasteiger partial charge in [-0.1, -0.05) is 62.0 Å². The fourth-order valence-electron chi connectivity index (χ4n) is 6.52. The summed E-state index contributed by atoms with van der Waals surface area (Å²) >= 11 is 0.724. The number of hydrogen-bond acceptors (Lipinski definition) is 20. The minimum atomic E-state index is -5.62. The van der Waals surface area contributed by atoms with Crippen molar-refractivity contribution < 1.29 is 95.5 Å². The monoisotopic (exact) mass is 1020 g/mol. The van der Waals surface area contributed by atoms with Crippen LogP contribution in [-0.2, 0) is 55.5 Å². The molecule has 27 nitrogen and oxygen atoms in total. The molecule has 1 aliphatic heterocycles. The highest BCUT2D eigenvalue weighted by molar-refractivity contribution is 8.13. The molecule has 3 heterocycles. The van der Waals surface area contributed by atoms with Crippen LogP contribution >= 0.6 is 35.2 Å². The predicted octanol–water partition coefficient (Wildman–Crippen LogP) is 0.642. The van der Waals surface area contributed by atoms with Crippen molar-refractivity contribution in [1.82, 2.24) is 30.2 Å². The zero-order chi connectivity index (χ0) is 49.5. The molecule has 368 valence electrons. The van der Waals surface area contributed by atoms with Gasteiger partial charge in [0.05, 0.1) is 38.0 Å². The predicted molar refractivity (Wildman–Crippen MR) is 232 cm³/mol. The molecule has 0 bridgehead atoms. The van der Waals surface area contributed by atoms with E-state index < -0.39 is 114 Å². The largest absolute Gasteiger partial charge is 0.481 e. The normalized spacial score (nSPS) is 21.0. The summed E-state index contributed by atoms with van der Waals surface area (Å²) in [5, 5.41) is 47.9. The summed E-state index contributed by atoms with van der Waals surface area (Å²) < 4.78 is 62.3. The molecule has 67 heavy (non-hydrogen) atoms. The van der Waals surface area contributed by atoms with Crippen LogP contribution in [0.4, 0.5) is 5.82 Å². The van der Waals surface area contributed by atoms with Crippen molar-refractivity contribution in [2.75, 3.05) is 37.8 Å². The van der Waals surface area contributed by atoms with Gasteiger partial charge in [-0.05, 0) is 22.4 Å². The van der Waals surface area contributed by atoms with E-state index in [1.807, 2.05) is 18.2 Å². The Hall–Kier alpha value is -4.31. The smallest absolute Gasteiger partial charge is 0.481 e. The number of thioether (sulfide) groups is 1. The highest BCUT2D eigenvalue weighted by Gasteiger charge is 2.50. The number of carboxylic acids is 1. The molecule has 0 radical (unpaired) electrons. The van der Waals surface area contributed by atoms with Gasteiger partial charge in [0, 0.05) is 30.7 Å². The van der Waals surface area contributed by atoms with Gasteiger partial charge in [-0.3, -0.25) is 37.3 Å². The summed E-state index contributed by atoms with van der Waals surface area (Å²) in [6.07, 6.45) is -9.31. The first-order chi connectivity index (χ1) is 31.3. The lowest BCUT2D eigenvalue weighted by Crippen LogP contribution is -2.46. The molecule has 4 aromatic rings. The molecule has 5 rings (SSSR count). The number of fused-ring (bicyclic) bond motifs is 2. The molecule has 1 fully saturated rings. The summed E-state index contributed by atoms with van der Waals surface area (Å²) in [6.45, 7) is -0.0287. The van der Waals surface area contributed by atoms with Crippen molar-refractivity contribution in [3.8, 4) is 0 Å². The molecule has 9 atom stereocenters. The molecule has 12 N–H and O–H groups in total. The highest BCUT2D eigenvalue weighted by atomic mass is 32.2. The number of ether oxygens (including phenoxy) is 1. The second-order valence-corrected chi connectivity index (χ2v) is 20.8. The number of benzene rings is 2. The van der Waals surface area contributed by atoms with Gasteiger partial charge < -0.3 is 61.1 Å². The van der Waals surface area contributed by atoms with Crippen LogP contribution in [0.5, 0.6) is 0 Å². The average Bonchev–Trinajstić information content (AvgIpc) is 3.81. The van der Waals surface area contributed by atoms with E-state index in [9.17, 15) is 72.9 Å². The Bertz CT molecular complexity index is 2580. The average molecular weight is 1020 g/mol. The number of aliphatic hydroxyl groups excluding tert-OH is 3. The first-order valence-electron chi connectivity index (χ1n) is 19.7. The fourth-order valence-corrected chi connectivity index (χ4v) is 10.2. The van der Waals surface area contributed by atoms with E-state index in [4.69, 9.17) is 19.5 Å². The van der Waals surface area contributed by atoms with E-state index in [0.29, 0.717) is 5.56 Å². The molecule has 2 amide bonds. The number of phosphoric acid groups is 3. The van der Waals surface area contributed by atoms with Crippen molar-refractivity contribution in [1.29, 1.82) is 0 Å². The Morgan fingerprint density at radius 2 is 1.64 bits per heavy atom. The van der Waals surface area contributed by atoms with Crippen LogP contribution in [0.1, 0.15) is 44.6 Å². The zero-order valence-electron chi connectivity index (χ0n) is 35.3. The van der Waals surface area contributed by atoms with Crippen molar-refractivity contribution in [2.24, 2.45) is 11.3 Å². The molecule has 31 heteroatoms. The fraction of sp³-hybridized carbons (Fsp3) is 0.472. The summed E-state index contributed by atoms with van der Waals surface area (Å²) in [5.41, 5.74) is 4.53. The Kier molecular flexibility index (Phi) is 17.9. The lowest BCUT2D eigenvalue weighted by atomic mass is 9.87. The third-order valence-corrected chi connectivity index (χ3v) is 14.0. The molecule has 2 aromatic heterocycles. The molecule has 1 saturated heterocycles. The van der Waals surface area contributed by atoms with Crippen LogP contribution in [0.2, 0.25) is 0 Å². The Balaban J connectivity index is 1.04. The first kappa shape index (κ1) is 53.6. The molecule has 2 aromatic carbocycles. The zero-order valence-corrected chi connectivity index (χ0v) is 38.8. The number of amides is 2. The summed E-state index contributed by atoms with van der Waals surface area (Å²) in [6, 6.07) is 12.3. The van der Waals surface area contributed by atoms with Crippen LogP contribution in [0, 0.1) is 11.3 Å². The van der Waals surface area contributed by atoms with Gasteiger partial charge in [0.25, 0.3) is 0 Å². The number of aromatic nitrogens is 4. The maximum Gasteiger partial charge on any atom is 0.481 e. The highest BCUT2D eigenvalue weighted by Crippen LogP contribution is 2.61. The van der Waals surface area contributed by atoms with Crippen LogP contribution in [0.15, 0.2) is 55.1 Å². The van der Waals surface area contributed by atoms with Gasteiger partial charge in [0.15, 0.2) is 22.8 Å². The molecule has 1 aliphatic rings. The number of imidazole rings is 1. The first-order valence-corrected chi connectivity index (χ1v) is 25.2. The van der Waals surface area contributed by atoms with Crippen LogP contribution in [0.3, 0.4) is 0 Å². The van der Waals surface area contributed by atoms with Crippen LogP contribution in [-0.4, -0.2) is 139 Å². The Morgan fingerprint density at radius 3 is 2.33 bits per heavy atom. The van der Waals surface area contributed by atoms with Crippen LogP contribution in [0.25, 0.3) is 21.9 Å². The molecule has 0 saturated carbocycles. The van der Waals surface area contributed by atoms with E-state index in [-0.39, 0.29) is 42.2 Å². The quantitative estimate of drug-likeness (QED) is 0.0339. The number of nitrogens with one attached hydrogen (secondary N) is 2. The molecule has 5 unspecified atom stereocenters. The number of hydrogen-bond donors (Lipinski definition) is 11. The van der Waals surface area contributed by atoms with Crippen molar-refractivity contribution in [2.45, 2.75) is 63.4 Å². The van der Waals surface area contributed by atoms with Crippen LogP contribution < -0.4 is 16.4 Å². The van der Waals surface area contributed by atoms with Gasteiger partial charge in [-0.2, -0.15) is 4.31 Å². The van der Waals surface area contributed by atoms with Crippen molar-refractivity contribution in [3.05, 3.63) is 60.7 Å². The van der Waals surface area contributed by atoms with Gasteiger partial charge >= 0.3 is 29.4 Å². The number of nitrogens with zero attached hydrogens (tertiary/aromatic N) is 4. The van der Waals surface area contributed by atoms with Gasteiger partial charge in [-0.15, -0.1) is 0 Å². The van der Waals surface area contributed by atoms with Gasteiger partial charge in [-0.25, -0.2) is 28.6 Å². The number of rotatable bonds is 24. The lowest BCUT2D eigenvalue weighted by Gasteiger charge is -2.30. The number of nitrogen functional groups attached to an aromatic ring is 1. The topological polar surface area (TPSA) is 421 Å². The van der Waals surface area contributed by atoms with Gasteiger partial charge in [0.2, 0.25) is 11.8 Å².